The Balaban J connectivity index is 2.80. The van der Waals surface area contributed by atoms with Crippen molar-refractivity contribution in [2.45, 2.75) is 20.3 Å². The molecule has 0 aliphatic rings. The monoisotopic (exact) mass is 210 g/mol. The van der Waals surface area contributed by atoms with Crippen molar-refractivity contribution in [1.29, 1.82) is 0 Å². The molecule has 0 bridgehead atoms. The van der Waals surface area contributed by atoms with Gasteiger partial charge in [-0.2, -0.15) is 0 Å². The number of hydrogen-bond acceptors (Lipinski definition) is 1. The number of benzene rings is 1. The SMILES string of the molecule is CCc1cc2c(Cl)ccc(C)c2s1. The highest BCUT2D eigenvalue weighted by atomic mass is 35.5. The molecule has 0 radical (unpaired) electrons. The third-order valence-corrected chi connectivity index (χ3v) is 3.97. The molecular weight excluding hydrogens is 200 g/mol. The van der Waals surface area contributed by atoms with Crippen molar-refractivity contribution in [1.82, 2.24) is 0 Å². The lowest BCUT2D eigenvalue weighted by molar-refractivity contribution is 1.19. The maximum absolute atomic E-state index is 6.11. The molecule has 0 spiro atoms. The molecule has 0 atom stereocenters. The second-order valence-electron chi connectivity index (χ2n) is 3.17. The molecule has 0 N–H and O–H groups in total. The average molecular weight is 211 g/mol. The van der Waals surface area contributed by atoms with E-state index in [2.05, 4.69) is 26.0 Å². The van der Waals surface area contributed by atoms with Crippen LogP contribution in [0.2, 0.25) is 5.02 Å². The molecule has 1 heterocycles. The second kappa shape index (κ2) is 3.32. The zero-order valence-corrected chi connectivity index (χ0v) is 9.30. The van der Waals surface area contributed by atoms with Crippen LogP contribution in [0, 0.1) is 6.92 Å². The van der Waals surface area contributed by atoms with Crippen molar-refractivity contribution in [3.05, 3.63) is 33.7 Å². The molecule has 0 aliphatic carbocycles. The number of halogens is 1. The summed E-state index contributed by atoms with van der Waals surface area (Å²) in [6.45, 7) is 4.31. The van der Waals surface area contributed by atoms with E-state index in [1.54, 1.807) is 0 Å². The van der Waals surface area contributed by atoms with Crippen molar-refractivity contribution in [3.8, 4) is 0 Å². The highest BCUT2D eigenvalue weighted by molar-refractivity contribution is 7.19. The van der Waals surface area contributed by atoms with Gasteiger partial charge in [0.1, 0.15) is 0 Å². The van der Waals surface area contributed by atoms with Crippen molar-refractivity contribution in [2.75, 3.05) is 0 Å². The van der Waals surface area contributed by atoms with E-state index in [1.165, 1.54) is 20.5 Å². The summed E-state index contributed by atoms with van der Waals surface area (Å²) in [6.07, 6.45) is 1.09. The van der Waals surface area contributed by atoms with Crippen LogP contribution in [-0.4, -0.2) is 0 Å². The number of thiophene rings is 1. The summed E-state index contributed by atoms with van der Waals surface area (Å²) in [5.74, 6) is 0. The molecule has 2 heteroatoms. The summed E-state index contributed by atoms with van der Waals surface area (Å²) in [6, 6.07) is 6.27. The Morgan fingerprint density at radius 2 is 2.15 bits per heavy atom. The van der Waals surface area contributed by atoms with Crippen LogP contribution in [0.15, 0.2) is 18.2 Å². The maximum Gasteiger partial charge on any atom is 0.0493 e. The van der Waals surface area contributed by atoms with Crippen molar-refractivity contribution in [2.24, 2.45) is 0 Å². The highest BCUT2D eigenvalue weighted by Crippen LogP contribution is 2.33. The summed E-state index contributed by atoms with van der Waals surface area (Å²) in [4.78, 5) is 1.41. The van der Waals surface area contributed by atoms with E-state index in [-0.39, 0.29) is 0 Å². The molecule has 0 unspecified atom stereocenters. The Bertz CT molecular complexity index is 404. The third kappa shape index (κ3) is 1.47. The number of hydrogen-bond donors (Lipinski definition) is 0. The largest absolute Gasteiger partial charge is 0.140 e. The molecule has 0 fully saturated rings. The van der Waals surface area contributed by atoms with Crippen LogP contribution in [0.25, 0.3) is 10.1 Å². The van der Waals surface area contributed by atoms with Gasteiger partial charge in [0.2, 0.25) is 0 Å². The van der Waals surface area contributed by atoms with E-state index in [9.17, 15) is 0 Å². The van der Waals surface area contributed by atoms with Gasteiger partial charge in [-0.3, -0.25) is 0 Å². The predicted octanol–water partition coefficient (Wildman–Crippen LogP) is 4.43. The standard InChI is InChI=1S/C11H11ClS/c1-3-8-6-9-10(12)5-4-7(2)11(9)13-8/h4-6H,3H2,1-2H3. The maximum atomic E-state index is 6.11. The highest BCUT2D eigenvalue weighted by Gasteiger charge is 2.05. The first-order chi connectivity index (χ1) is 6.22. The van der Waals surface area contributed by atoms with Crippen LogP contribution in [0.3, 0.4) is 0 Å². The van der Waals surface area contributed by atoms with Gasteiger partial charge in [-0.25, -0.2) is 0 Å². The van der Waals surface area contributed by atoms with E-state index in [1.807, 2.05) is 17.4 Å². The first kappa shape index (κ1) is 9.04. The Labute approximate surface area is 87.2 Å². The molecule has 2 rings (SSSR count). The number of rotatable bonds is 1. The van der Waals surface area contributed by atoms with Crippen molar-refractivity contribution in [3.63, 3.8) is 0 Å². The second-order valence-corrected chi connectivity index (χ2v) is 4.72. The Morgan fingerprint density at radius 3 is 2.77 bits per heavy atom. The Morgan fingerprint density at radius 1 is 1.38 bits per heavy atom. The molecule has 0 aliphatic heterocycles. The fourth-order valence-corrected chi connectivity index (χ4v) is 2.81. The molecular formula is C11H11ClS. The van der Waals surface area contributed by atoms with Crippen LogP contribution in [0.4, 0.5) is 0 Å². The van der Waals surface area contributed by atoms with Gasteiger partial charge < -0.3 is 0 Å². The number of aryl methyl sites for hydroxylation is 2. The molecule has 0 saturated carbocycles. The van der Waals surface area contributed by atoms with Gasteiger partial charge in [-0.15, -0.1) is 11.3 Å². The number of fused-ring (bicyclic) bond motifs is 1. The van der Waals surface area contributed by atoms with Crippen LogP contribution in [0.5, 0.6) is 0 Å². The molecule has 68 valence electrons. The predicted molar refractivity (Wildman–Crippen MR) is 61.0 cm³/mol. The van der Waals surface area contributed by atoms with Gasteiger partial charge in [-0.1, -0.05) is 24.6 Å². The van der Waals surface area contributed by atoms with Gasteiger partial charge in [0.05, 0.1) is 0 Å². The summed E-state index contributed by atoms with van der Waals surface area (Å²) in [5, 5.41) is 2.08. The van der Waals surface area contributed by atoms with Crippen LogP contribution in [-0.2, 0) is 6.42 Å². The molecule has 0 nitrogen and oxygen atoms in total. The lowest BCUT2D eigenvalue weighted by Crippen LogP contribution is -1.71. The normalized spacial score (nSPS) is 11.0. The van der Waals surface area contributed by atoms with Crippen molar-refractivity contribution < 1.29 is 0 Å². The Hall–Kier alpha value is -0.530. The summed E-state index contributed by atoms with van der Waals surface area (Å²) >= 11 is 7.96. The van der Waals surface area contributed by atoms with Crippen LogP contribution >= 0.6 is 22.9 Å². The van der Waals surface area contributed by atoms with Crippen LogP contribution in [0.1, 0.15) is 17.4 Å². The third-order valence-electron chi connectivity index (χ3n) is 2.23. The summed E-state index contributed by atoms with van der Waals surface area (Å²) in [7, 11) is 0. The van der Waals surface area contributed by atoms with E-state index in [0.717, 1.165) is 11.4 Å². The molecule has 2 aromatic rings. The van der Waals surface area contributed by atoms with Gasteiger partial charge >= 0.3 is 0 Å². The quantitative estimate of drug-likeness (QED) is 0.654. The minimum atomic E-state index is 0.872. The average Bonchev–Trinajstić information content (AvgIpc) is 2.56. The van der Waals surface area contributed by atoms with E-state index < -0.39 is 0 Å². The lowest BCUT2D eigenvalue weighted by Gasteiger charge is -1.96. The minimum Gasteiger partial charge on any atom is -0.140 e. The van der Waals surface area contributed by atoms with E-state index in [4.69, 9.17) is 11.6 Å². The zero-order valence-electron chi connectivity index (χ0n) is 7.73. The van der Waals surface area contributed by atoms with Gasteiger partial charge in [0, 0.05) is 20.0 Å². The first-order valence-electron chi connectivity index (χ1n) is 4.40. The zero-order chi connectivity index (χ0) is 9.42. The molecule has 1 aromatic heterocycles. The van der Waals surface area contributed by atoms with Gasteiger partial charge in [0.15, 0.2) is 0 Å². The molecule has 13 heavy (non-hydrogen) atoms. The Kier molecular flexibility index (Phi) is 2.31. The molecule has 0 amide bonds. The van der Waals surface area contributed by atoms with Gasteiger partial charge in [-0.05, 0) is 31.0 Å². The lowest BCUT2D eigenvalue weighted by atomic mass is 10.2. The molecule has 1 aromatic carbocycles. The fourth-order valence-electron chi connectivity index (χ4n) is 1.45. The van der Waals surface area contributed by atoms with Gasteiger partial charge in [0.25, 0.3) is 0 Å². The minimum absolute atomic E-state index is 0.872. The summed E-state index contributed by atoms with van der Waals surface area (Å²) < 4.78 is 1.34. The fraction of sp³-hybridized carbons (Fsp3) is 0.273. The first-order valence-corrected chi connectivity index (χ1v) is 5.59. The molecule has 0 saturated heterocycles. The van der Waals surface area contributed by atoms with E-state index in [0.29, 0.717) is 0 Å². The van der Waals surface area contributed by atoms with E-state index >= 15 is 0 Å². The topological polar surface area (TPSA) is 0 Å². The smallest absolute Gasteiger partial charge is 0.0493 e. The van der Waals surface area contributed by atoms with Crippen LogP contribution < -0.4 is 0 Å². The summed E-state index contributed by atoms with van der Waals surface area (Å²) in [5.41, 5.74) is 1.32. The van der Waals surface area contributed by atoms with Crippen molar-refractivity contribution >= 4 is 33.0 Å².